The van der Waals surface area contributed by atoms with Gasteiger partial charge in [0.2, 0.25) is 0 Å². The fraction of sp³-hybridized carbons (Fsp3) is 0.600. The molecule has 1 heterocycles. The molecule has 4 nitrogen and oxygen atoms in total. The van der Waals surface area contributed by atoms with Gasteiger partial charge in [0.05, 0.1) is 0 Å². The molecule has 1 fully saturated rings. The van der Waals surface area contributed by atoms with Crippen molar-refractivity contribution in [2.24, 2.45) is 0 Å². The smallest absolute Gasteiger partial charge is 0.191 e. The van der Waals surface area contributed by atoms with Crippen LogP contribution in [-0.2, 0) is 0 Å². The summed E-state index contributed by atoms with van der Waals surface area (Å²) in [7, 11) is 0. The van der Waals surface area contributed by atoms with E-state index in [-0.39, 0.29) is 0 Å². The number of rotatable bonds is 1. The predicted octanol–water partition coefficient (Wildman–Crippen LogP) is 0.529. The monoisotopic (exact) mass is 125 g/mol. The van der Waals surface area contributed by atoms with Crippen molar-refractivity contribution in [3.63, 3.8) is 0 Å². The first-order valence-corrected chi connectivity index (χ1v) is 2.96. The van der Waals surface area contributed by atoms with Crippen LogP contribution in [0.1, 0.15) is 24.5 Å². The molecule has 0 unspecified atom stereocenters. The van der Waals surface area contributed by atoms with Crippen LogP contribution in [0.25, 0.3) is 0 Å². The van der Waals surface area contributed by atoms with Crippen LogP contribution in [0.4, 0.5) is 5.82 Å². The van der Waals surface area contributed by atoms with Gasteiger partial charge in [-0.2, -0.15) is 0 Å². The maximum atomic E-state index is 5.41. The summed E-state index contributed by atoms with van der Waals surface area (Å²) in [4.78, 5) is 0. The van der Waals surface area contributed by atoms with Gasteiger partial charge in [0.1, 0.15) is 5.69 Å². The Hall–Kier alpha value is -1.06. The molecule has 0 radical (unpaired) electrons. The minimum absolute atomic E-state index is 0.456. The first-order valence-electron chi connectivity index (χ1n) is 2.96. The van der Waals surface area contributed by atoms with Gasteiger partial charge in [-0.25, -0.2) is 4.63 Å². The zero-order chi connectivity index (χ0) is 6.27. The standard InChI is InChI=1S/C5H7N3O/c6-5-4(3-1-2-3)7-9-8-5/h3H,1-2H2,(H2,6,8). The van der Waals surface area contributed by atoms with Gasteiger partial charge in [-0.15, -0.1) is 0 Å². The lowest BCUT2D eigenvalue weighted by atomic mass is 10.3. The fourth-order valence-electron chi connectivity index (χ4n) is 0.842. The quantitative estimate of drug-likeness (QED) is 0.594. The van der Waals surface area contributed by atoms with Crippen molar-refractivity contribution in [3.8, 4) is 0 Å². The molecule has 2 rings (SSSR count). The number of anilines is 1. The lowest BCUT2D eigenvalue weighted by Gasteiger charge is -1.83. The lowest BCUT2D eigenvalue weighted by molar-refractivity contribution is 0.305. The summed E-state index contributed by atoms with van der Waals surface area (Å²) in [6.07, 6.45) is 2.36. The molecule has 48 valence electrons. The summed E-state index contributed by atoms with van der Waals surface area (Å²) in [5.74, 6) is 0.994. The molecule has 0 amide bonds. The molecule has 0 saturated heterocycles. The maximum absolute atomic E-state index is 5.41. The molecule has 4 heteroatoms. The SMILES string of the molecule is Nc1nonc1C1CC1. The molecule has 0 aliphatic heterocycles. The molecule has 1 aromatic heterocycles. The number of nitrogens with two attached hydrogens (primary N) is 1. The second-order valence-electron chi connectivity index (χ2n) is 2.31. The topological polar surface area (TPSA) is 64.9 Å². The first-order chi connectivity index (χ1) is 4.38. The Labute approximate surface area is 52.0 Å². The molecular weight excluding hydrogens is 118 g/mol. The van der Waals surface area contributed by atoms with Crippen LogP contribution in [-0.4, -0.2) is 10.3 Å². The third-order valence-corrected chi connectivity index (χ3v) is 1.50. The fourth-order valence-corrected chi connectivity index (χ4v) is 0.842. The van der Waals surface area contributed by atoms with Crippen LogP contribution in [0.15, 0.2) is 4.63 Å². The number of hydrogen-bond donors (Lipinski definition) is 1. The van der Waals surface area contributed by atoms with E-state index in [1.807, 2.05) is 0 Å². The van der Waals surface area contributed by atoms with E-state index in [9.17, 15) is 0 Å². The van der Waals surface area contributed by atoms with E-state index in [2.05, 4.69) is 14.9 Å². The molecular formula is C5H7N3O. The van der Waals surface area contributed by atoms with Crippen molar-refractivity contribution in [2.45, 2.75) is 18.8 Å². The second kappa shape index (κ2) is 1.46. The second-order valence-corrected chi connectivity index (χ2v) is 2.31. The van der Waals surface area contributed by atoms with Crippen molar-refractivity contribution in [2.75, 3.05) is 5.73 Å². The molecule has 1 aliphatic carbocycles. The highest BCUT2D eigenvalue weighted by atomic mass is 16.6. The van der Waals surface area contributed by atoms with Gasteiger partial charge in [-0.05, 0) is 18.0 Å². The van der Waals surface area contributed by atoms with E-state index < -0.39 is 0 Å². The molecule has 0 bridgehead atoms. The highest BCUT2D eigenvalue weighted by Crippen LogP contribution is 2.40. The third-order valence-electron chi connectivity index (χ3n) is 1.50. The summed E-state index contributed by atoms with van der Waals surface area (Å²) >= 11 is 0. The number of hydrogen-bond acceptors (Lipinski definition) is 4. The van der Waals surface area contributed by atoms with Gasteiger partial charge in [0.15, 0.2) is 5.82 Å². The number of nitrogens with zero attached hydrogens (tertiary/aromatic N) is 2. The zero-order valence-corrected chi connectivity index (χ0v) is 4.87. The van der Waals surface area contributed by atoms with E-state index in [1.54, 1.807) is 0 Å². The average Bonchev–Trinajstić information content (AvgIpc) is 2.58. The van der Waals surface area contributed by atoms with Crippen LogP contribution < -0.4 is 5.73 Å². The Balaban J connectivity index is 2.35. The number of aromatic nitrogens is 2. The molecule has 1 aromatic rings. The van der Waals surface area contributed by atoms with Gasteiger partial charge < -0.3 is 5.73 Å². The Bertz CT molecular complexity index is 216. The minimum atomic E-state index is 0.456. The van der Waals surface area contributed by atoms with Crippen molar-refractivity contribution in [3.05, 3.63) is 5.69 Å². The highest BCUT2D eigenvalue weighted by molar-refractivity contribution is 5.36. The van der Waals surface area contributed by atoms with E-state index in [4.69, 9.17) is 5.73 Å². The van der Waals surface area contributed by atoms with Crippen LogP contribution in [0, 0.1) is 0 Å². The number of nitrogen functional groups attached to an aromatic ring is 1. The zero-order valence-electron chi connectivity index (χ0n) is 4.87. The van der Waals surface area contributed by atoms with Crippen molar-refractivity contribution in [1.82, 2.24) is 10.3 Å². The highest BCUT2D eigenvalue weighted by Gasteiger charge is 2.29. The van der Waals surface area contributed by atoms with E-state index in [1.165, 1.54) is 12.8 Å². The van der Waals surface area contributed by atoms with Crippen molar-refractivity contribution >= 4 is 5.82 Å². The average molecular weight is 125 g/mol. The Morgan fingerprint density at radius 3 is 2.67 bits per heavy atom. The van der Waals surface area contributed by atoms with Crippen LogP contribution in [0.5, 0.6) is 0 Å². The normalized spacial score (nSPS) is 18.2. The predicted molar refractivity (Wildman–Crippen MR) is 30.7 cm³/mol. The summed E-state index contributed by atoms with van der Waals surface area (Å²) in [5.41, 5.74) is 6.26. The molecule has 1 aliphatic rings. The molecule has 0 aromatic carbocycles. The van der Waals surface area contributed by atoms with Crippen LogP contribution >= 0.6 is 0 Å². The van der Waals surface area contributed by atoms with Crippen LogP contribution in [0.2, 0.25) is 0 Å². The van der Waals surface area contributed by atoms with Gasteiger partial charge >= 0.3 is 0 Å². The minimum Gasteiger partial charge on any atom is -0.379 e. The first kappa shape index (κ1) is 4.78. The lowest BCUT2D eigenvalue weighted by Crippen LogP contribution is -1.89. The molecule has 2 N–H and O–H groups in total. The van der Waals surface area contributed by atoms with Gasteiger partial charge in [0, 0.05) is 5.92 Å². The summed E-state index contributed by atoms with van der Waals surface area (Å²) < 4.78 is 4.42. The van der Waals surface area contributed by atoms with Crippen molar-refractivity contribution < 1.29 is 4.63 Å². The Morgan fingerprint density at radius 2 is 2.22 bits per heavy atom. The Morgan fingerprint density at radius 1 is 1.44 bits per heavy atom. The van der Waals surface area contributed by atoms with E-state index >= 15 is 0 Å². The summed E-state index contributed by atoms with van der Waals surface area (Å²) in [6.45, 7) is 0. The maximum Gasteiger partial charge on any atom is 0.191 e. The largest absolute Gasteiger partial charge is 0.379 e. The summed E-state index contributed by atoms with van der Waals surface area (Å²) in [6, 6.07) is 0. The van der Waals surface area contributed by atoms with Gasteiger partial charge in [0.25, 0.3) is 0 Å². The van der Waals surface area contributed by atoms with Crippen LogP contribution in [0.3, 0.4) is 0 Å². The van der Waals surface area contributed by atoms with Gasteiger partial charge in [-0.1, -0.05) is 5.16 Å². The molecule has 0 atom stereocenters. The summed E-state index contributed by atoms with van der Waals surface area (Å²) in [5, 5.41) is 7.14. The molecule has 1 saturated carbocycles. The van der Waals surface area contributed by atoms with E-state index in [0.717, 1.165) is 5.69 Å². The van der Waals surface area contributed by atoms with E-state index in [0.29, 0.717) is 11.7 Å². The molecule has 0 spiro atoms. The Kier molecular flexibility index (Phi) is 0.777. The van der Waals surface area contributed by atoms with Crippen molar-refractivity contribution in [1.29, 1.82) is 0 Å². The molecule has 9 heavy (non-hydrogen) atoms. The van der Waals surface area contributed by atoms with Gasteiger partial charge in [-0.3, -0.25) is 0 Å². The third kappa shape index (κ3) is 0.667.